The van der Waals surface area contributed by atoms with Gasteiger partial charge in [-0.3, -0.25) is 0 Å². The van der Waals surface area contributed by atoms with Crippen molar-refractivity contribution in [1.82, 2.24) is 0 Å². The number of nitrogens with zero attached hydrogens (tertiary/aromatic N) is 1. The minimum absolute atomic E-state index is 0.535. The van der Waals surface area contributed by atoms with E-state index < -0.39 is 11.5 Å². The molecule has 2 rings (SSSR count). The van der Waals surface area contributed by atoms with Gasteiger partial charge in [0.05, 0.1) is 18.1 Å². The first-order valence-corrected chi connectivity index (χ1v) is 7.98. The van der Waals surface area contributed by atoms with Crippen LogP contribution in [0.4, 0.5) is 0 Å². The summed E-state index contributed by atoms with van der Waals surface area (Å²) in [7, 11) is 0. The molecule has 0 aliphatic heterocycles. The van der Waals surface area contributed by atoms with Gasteiger partial charge in [-0.05, 0) is 31.7 Å². The van der Waals surface area contributed by atoms with Gasteiger partial charge in [-0.15, -0.1) is 0 Å². The van der Waals surface area contributed by atoms with Gasteiger partial charge in [-0.2, -0.15) is 5.26 Å². The van der Waals surface area contributed by atoms with Crippen LogP contribution < -0.4 is 4.74 Å². The van der Waals surface area contributed by atoms with Gasteiger partial charge < -0.3 is 9.84 Å². The number of hydrogen-bond acceptors (Lipinski definition) is 3. The second kappa shape index (κ2) is 6.95. The molecule has 1 aliphatic rings. The van der Waals surface area contributed by atoms with Crippen LogP contribution in [0.3, 0.4) is 0 Å². The minimum atomic E-state index is -0.778. The molecule has 1 aromatic carbocycles. The smallest absolute Gasteiger partial charge is 0.125 e. The van der Waals surface area contributed by atoms with Gasteiger partial charge >= 0.3 is 0 Å². The van der Waals surface area contributed by atoms with E-state index in [4.69, 9.17) is 4.74 Å². The van der Waals surface area contributed by atoms with Crippen molar-refractivity contribution >= 4 is 0 Å². The number of aliphatic hydroxyl groups is 1. The lowest BCUT2D eigenvalue weighted by Crippen LogP contribution is -2.33. The lowest BCUT2D eigenvalue weighted by Gasteiger charge is -2.39. The zero-order valence-electron chi connectivity index (χ0n) is 13.0. The summed E-state index contributed by atoms with van der Waals surface area (Å²) < 4.78 is 5.62. The number of benzene rings is 1. The predicted octanol–water partition coefficient (Wildman–Crippen LogP) is 4.23. The molecule has 3 nitrogen and oxygen atoms in total. The van der Waals surface area contributed by atoms with Crippen molar-refractivity contribution in [2.45, 2.75) is 52.1 Å². The highest BCUT2D eigenvalue weighted by molar-refractivity contribution is 5.37. The first-order chi connectivity index (χ1) is 10.2. The van der Waals surface area contributed by atoms with Crippen LogP contribution >= 0.6 is 0 Å². The van der Waals surface area contributed by atoms with Gasteiger partial charge in [0.1, 0.15) is 11.9 Å². The standard InChI is InChI=1S/C18H25NO2/c1-3-14-8-7-11-18(12-14,13-19)17(20)15-9-5-6-10-16(15)21-4-2/h5-6,9-10,14,17,20H,3-4,7-8,11-12H2,1-2H3. The van der Waals surface area contributed by atoms with Crippen molar-refractivity contribution < 1.29 is 9.84 Å². The van der Waals surface area contributed by atoms with Crippen LogP contribution in [0.5, 0.6) is 5.75 Å². The molecule has 3 heteroatoms. The van der Waals surface area contributed by atoms with Crippen LogP contribution in [0.1, 0.15) is 57.6 Å². The molecule has 0 amide bonds. The zero-order chi connectivity index (χ0) is 15.3. The summed E-state index contributed by atoms with van der Waals surface area (Å²) in [6.07, 6.45) is 4.02. The topological polar surface area (TPSA) is 53.2 Å². The third-order valence-corrected chi connectivity index (χ3v) is 4.73. The van der Waals surface area contributed by atoms with Gasteiger partial charge in [0.25, 0.3) is 0 Å². The summed E-state index contributed by atoms with van der Waals surface area (Å²) in [4.78, 5) is 0. The summed E-state index contributed by atoms with van der Waals surface area (Å²) in [5, 5.41) is 20.7. The van der Waals surface area contributed by atoms with Crippen LogP contribution in [-0.4, -0.2) is 11.7 Å². The van der Waals surface area contributed by atoms with Crippen molar-refractivity contribution in [3.8, 4) is 11.8 Å². The molecule has 114 valence electrons. The first kappa shape index (κ1) is 15.9. The number of hydrogen-bond donors (Lipinski definition) is 1. The minimum Gasteiger partial charge on any atom is -0.493 e. The highest BCUT2D eigenvalue weighted by atomic mass is 16.5. The Morgan fingerprint density at radius 2 is 2.19 bits per heavy atom. The Kier molecular flexibility index (Phi) is 5.25. The summed E-state index contributed by atoms with van der Waals surface area (Å²) >= 11 is 0. The predicted molar refractivity (Wildman–Crippen MR) is 82.9 cm³/mol. The maximum Gasteiger partial charge on any atom is 0.125 e. The van der Waals surface area contributed by atoms with E-state index in [-0.39, 0.29) is 0 Å². The van der Waals surface area contributed by atoms with Crippen molar-refractivity contribution in [3.05, 3.63) is 29.8 Å². The molecular formula is C18H25NO2. The molecule has 1 fully saturated rings. The summed E-state index contributed by atoms with van der Waals surface area (Å²) in [6, 6.07) is 9.99. The SMILES string of the molecule is CCOc1ccccc1C(O)C1(C#N)CCCC(CC)C1. The van der Waals surface area contributed by atoms with Crippen LogP contribution in [0.15, 0.2) is 24.3 Å². The second-order valence-corrected chi connectivity index (χ2v) is 6.01. The van der Waals surface area contributed by atoms with E-state index in [1.165, 1.54) is 6.42 Å². The van der Waals surface area contributed by atoms with Crippen molar-refractivity contribution in [3.63, 3.8) is 0 Å². The van der Waals surface area contributed by atoms with E-state index in [9.17, 15) is 10.4 Å². The van der Waals surface area contributed by atoms with Crippen molar-refractivity contribution in [2.75, 3.05) is 6.61 Å². The molecule has 1 N–H and O–H groups in total. The van der Waals surface area contributed by atoms with Gasteiger partial charge in [0, 0.05) is 5.56 Å². The van der Waals surface area contributed by atoms with E-state index in [2.05, 4.69) is 13.0 Å². The second-order valence-electron chi connectivity index (χ2n) is 6.01. The van der Waals surface area contributed by atoms with Gasteiger partial charge in [0.15, 0.2) is 0 Å². The first-order valence-electron chi connectivity index (χ1n) is 7.98. The van der Waals surface area contributed by atoms with Gasteiger partial charge in [-0.25, -0.2) is 0 Å². The molecule has 0 radical (unpaired) electrons. The number of ether oxygens (including phenoxy) is 1. The average molecular weight is 287 g/mol. The van der Waals surface area contributed by atoms with E-state index in [1.54, 1.807) is 0 Å². The highest BCUT2D eigenvalue weighted by Gasteiger charge is 2.43. The molecule has 3 atom stereocenters. The lowest BCUT2D eigenvalue weighted by molar-refractivity contribution is 0.0167. The molecule has 1 saturated carbocycles. The van der Waals surface area contributed by atoms with E-state index in [0.717, 1.165) is 31.2 Å². The van der Waals surface area contributed by atoms with Crippen molar-refractivity contribution in [1.29, 1.82) is 5.26 Å². The molecule has 0 saturated heterocycles. The Hall–Kier alpha value is -1.53. The number of aliphatic hydroxyl groups excluding tert-OH is 1. The summed E-state index contributed by atoms with van der Waals surface area (Å²) in [5.74, 6) is 1.23. The quantitative estimate of drug-likeness (QED) is 0.881. The maximum absolute atomic E-state index is 10.9. The average Bonchev–Trinajstić information content (AvgIpc) is 2.55. The Bertz CT molecular complexity index is 508. The Balaban J connectivity index is 2.32. The Morgan fingerprint density at radius 3 is 2.86 bits per heavy atom. The molecule has 0 aromatic heterocycles. The fourth-order valence-corrected chi connectivity index (χ4v) is 3.48. The third kappa shape index (κ3) is 3.22. The van der Waals surface area contributed by atoms with E-state index >= 15 is 0 Å². The van der Waals surface area contributed by atoms with Crippen LogP contribution in [0, 0.1) is 22.7 Å². The molecule has 0 bridgehead atoms. The number of nitriles is 1. The number of para-hydroxylation sites is 1. The largest absolute Gasteiger partial charge is 0.493 e. The zero-order valence-corrected chi connectivity index (χ0v) is 13.0. The molecular weight excluding hydrogens is 262 g/mol. The van der Waals surface area contributed by atoms with Gasteiger partial charge in [0.2, 0.25) is 0 Å². The molecule has 1 aromatic rings. The van der Waals surface area contributed by atoms with Crippen LogP contribution in [0.25, 0.3) is 0 Å². The van der Waals surface area contributed by atoms with E-state index in [1.807, 2.05) is 31.2 Å². The molecule has 0 heterocycles. The number of rotatable bonds is 5. The molecule has 3 unspecified atom stereocenters. The Labute approximate surface area is 127 Å². The normalized spacial score (nSPS) is 26.9. The summed E-state index contributed by atoms with van der Waals surface area (Å²) in [6.45, 7) is 4.65. The molecule has 1 aliphatic carbocycles. The van der Waals surface area contributed by atoms with Crippen LogP contribution in [0.2, 0.25) is 0 Å². The van der Waals surface area contributed by atoms with E-state index in [0.29, 0.717) is 18.3 Å². The van der Waals surface area contributed by atoms with Gasteiger partial charge in [-0.1, -0.05) is 44.4 Å². The monoisotopic (exact) mass is 287 g/mol. The van der Waals surface area contributed by atoms with Crippen LogP contribution in [-0.2, 0) is 0 Å². The van der Waals surface area contributed by atoms with Crippen molar-refractivity contribution in [2.24, 2.45) is 11.3 Å². The Morgan fingerprint density at radius 1 is 1.43 bits per heavy atom. The molecule has 21 heavy (non-hydrogen) atoms. The fourth-order valence-electron chi connectivity index (χ4n) is 3.48. The fraction of sp³-hybridized carbons (Fsp3) is 0.611. The lowest BCUT2D eigenvalue weighted by atomic mass is 9.65. The summed E-state index contributed by atoms with van der Waals surface area (Å²) in [5.41, 5.74) is 0.0734. The highest BCUT2D eigenvalue weighted by Crippen LogP contribution is 2.49. The third-order valence-electron chi connectivity index (χ3n) is 4.73. The maximum atomic E-state index is 10.9. The molecule has 0 spiro atoms.